The predicted molar refractivity (Wildman–Crippen MR) is 73.3 cm³/mol. The van der Waals surface area contributed by atoms with E-state index in [1.54, 1.807) is 0 Å². The van der Waals surface area contributed by atoms with Crippen LogP contribution in [0.15, 0.2) is 24.3 Å². The summed E-state index contributed by atoms with van der Waals surface area (Å²) in [5.74, 6) is 1.69. The quantitative estimate of drug-likeness (QED) is 0.593. The zero-order valence-electron chi connectivity index (χ0n) is 11.2. The first-order chi connectivity index (χ1) is 8.30. The molecule has 1 N–H and O–H groups in total. The minimum absolute atomic E-state index is 0. The van der Waals surface area contributed by atoms with Crippen molar-refractivity contribution in [2.24, 2.45) is 0 Å². The van der Waals surface area contributed by atoms with E-state index in [9.17, 15) is 0 Å². The first kappa shape index (κ1) is 17.6. The van der Waals surface area contributed by atoms with E-state index in [1.165, 1.54) is 10.5 Å². The highest BCUT2D eigenvalue weighted by atomic mass is 35.5. The summed E-state index contributed by atoms with van der Waals surface area (Å²) in [5, 5.41) is 0. The van der Waals surface area contributed by atoms with Gasteiger partial charge in [-0.05, 0) is 31.0 Å². The first-order valence-corrected chi connectivity index (χ1v) is 6.94. The minimum Gasteiger partial charge on any atom is -1.00 e. The van der Waals surface area contributed by atoms with Crippen LogP contribution in [-0.2, 0) is 6.42 Å². The molecule has 1 rings (SSSR count). The molecule has 0 fully saturated rings. The normalized spacial score (nSPS) is 11.7. The average molecular weight is 292 g/mol. The summed E-state index contributed by atoms with van der Waals surface area (Å²) in [4.78, 5) is 1.49. The molecule has 1 aromatic carbocycles. The Hall–Kier alpha value is -0.440. The lowest BCUT2D eigenvalue weighted by Crippen LogP contribution is -3.12. The summed E-state index contributed by atoms with van der Waals surface area (Å²) >= 11 is 5.75. The number of halogens is 2. The maximum Gasteiger partial charge on any atom is 0.137 e. The highest BCUT2D eigenvalue weighted by molar-refractivity contribution is 6.17. The number of likely N-dealkylation sites (N-methyl/N-ethyl adjacent to an activating group) is 1. The van der Waals surface area contributed by atoms with Crippen molar-refractivity contribution in [3.63, 3.8) is 0 Å². The lowest BCUT2D eigenvalue weighted by Gasteiger charge is -2.16. The van der Waals surface area contributed by atoms with Gasteiger partial charge in [-0.1, -0.05) is 19.1 Å². The van der Waals surface area contributed by atoms with E-state index in [0.717, 1.165) is 38.4 Å². The lowest BCUT2D eigenvalue weighted by atomic mass is 10.2. The van der Waals surface area contributed by atoms with Crippen molar-refractivity contribution < 1.29 is 22.0 Å². The van der Waals surface area contributed by atoms with Crippen LogP contribution >= 0.6 is 11.6 Å². The topological polar surface area (TPSA) is 13.7 Å². The van der Waals surface area contributed by atoms with Gasteiger partial charge < -0.3 is 22.0 Å². The van der Waals surface area contributed by atoms with Crippen LogP contribution in [0, 0.1) is 0 Å². The smallest absolute Gasteiger partial charge is 0.137 e. The zero-order valence-corrected chi connectivity index (χ0v) is 12.7. The highest BCUT2D eigenvalue weighted by Gasteiger charge is 2.04. The Morgan fingerprint density at radius 2 is 2.00 bits per heavy atom. The molecule has 0 aromatic heterocycles. The number of alkyl halides is 1. The summed E-state index contributed by atoms with van der Waals surface area (Å²) in [6.45, 7) is 8.22. The first-order valence-electron chi connectivity index (χ1n) is 6.41. The van der Waals surface area contributed by atoms with Gasteiger partial charge in [-0.3, -0.25) is 0 Å². The van der Waals surface area contributed by atoms with E-state index in [2.05, 4.69) is 32.0 Å². The average Bonchev–Trinajstić information content (AvgIpc) is 2.38. The van der Waals surface area contributed by atoms with Gasteiger partial charge in [-0.25, -0.2) is 0 Å². The number of aryl methyl sites for hydroxylation is 1. The number of hydrogen-bond acceptors (Lipinski definition) is 1. The van der Waals surface area contributed by atoms with E-state index in [0.29, 0.717) is 5.88 Å². The second kappa shape index (κ2) is 10.5. The molecule has 0 saturated heterocycles. The number of rotatable bonds is 8. The lowest BCUT2D eigenvalue weighted by molar-refractivity contribution is -0.895. The number of quaternary nitrogens is 1. The number of hydrogen-bond donors (Lipinski definition) is 1. The summed E-state index contributed by atoms with van der Waals surface area (Å²) in [7, 11) is 0. The fourth-order valence-electron chi connectivity index (χ4n) is 1.78. The Bertz CT molecular complexity index is 320. The van der Waals surface area contributed by atoms with Gasteiger partial charge in [0.15, 0.2) is 0 Å². The Balaban J connectivity index is 0.00000289. The standard InChI is InChI=1S/C14H22ClNO.ClH/c1-3-13-6-5-7-14(12-13)17-11-10-16(4-2)9-8-15;/h5-7,12H,3-4,8-11H2,1-2H3;1H. The van der Waals surface area contributed by atoms with Crippen LogP contribution in [0.25, 0.3) is 0 Å². The molecule has 18 heavy (non-hydrogen) atoms. The molecular formula is C14H23Cl2NO. The van der Waals surface area contributed by atoms with Gasteiger partial charge >= 0.3 is 0 Å². The Labute approximate surface area is 122 Å². The van der Waals surface area contributed by atoms with Crippen molar-refractivity contribution in [2.45, 2.75) is 20.3 Å². The Kier molecular flexibility index (Phi) is 10.2. The van der Waals surface area contributed by atoms with Crippen molar-refractivity contribution in [1.29, 1.82) is 0 Å². The van der Waals surface area contributed by atoms with Gasteiger partial charge in [-0.2, -0.15) is 0 Å². The molecule has 2 nitrogen and oxygen atoms in total. The summed E-state index contributed by atoms with van der Waals surface area (Å²) in [6.07, 6.45) is 1.05. The van der Waals surface area contributed by atoms with E-state index in [1.807, 2.05) is 6.07 Å². The molecule has 1 unspecified atom stereocenters. The van der Waals surface area contributed by atoms with Crippen LogP contribution in [0.2, 0.25) is 0 Å². The predicted octanol–water partition coefficient (Wildman–Crippen LogP) is -1.22. The van der Waals surface area contributed by atoms with Gasteiger partial charge in [0, 0.05) is 0 Å². The van der Waals surface area contributed by atoms with Crippen molar-refractivity contribution >= 4 is 11.6 Å². The molecule has 0 heterocycles. The van der Waals surface area contributed by atoms with Crippen molar-refractivity contribution in [2.75, 3.05) is 32.1 Å². The molecule has 1 aromatic rings. The molecule has 0 spiro atoms. The number of ether oxygens (including phenoxy) is 1. The van der Waals surface area contributed by atoms with Crippen LogP contribution < -0.4 is 22.0 Å². The fraction of sp³-hybridized carbons (Fsp3) is 0.571. The van der Waals surface area contributed by atoms with Gasteiger partial charge in [0.05, 0.1) is 19.0 Å². The molecule has 4 heteroatoms. The largest absolute Gasteiger partial charge is 1.00 e. The van der Waals surface area contributed by atoms with E-state index in [-0.39, 0.29) is 12.4 Å². The molecule has 0 radical (unpaired) electrons. The number of nitrogens with one attached hydrogen (secondary N) is 1. The summed E-state index contributed by atoms with van der Waals surface area (Å²) in [6, 6.07) is 8.32. The van der Waals surface area contributed by atoms with Crippen LogP contribution in [-0.4, -0.2) is 32.1 Å². The zero-order chi connectivity index (χ0) is 12.5. The van der Waals surface area contributed by atoms with Crippen molar-refractivity contribution in [3.05, 3.63) is 29.8 Å². The van der Waals surface area contributed by atoms with Gasteiger partial charge in [-0.15, -0.1) is 11.6 Å². The maximum absolute atomic E-state index is 5.76. The molecule has 1 atom stereocenters. The third-order valence-electron chi connectivity index (χ3n) is 2.98. The second-order valence-corrected chi connectivity index (χ2v) is 4.52. The number of benzene rings is 1. The van der Waals surface area contributed by atoms with Crippen LogP contribution in [0.1, 0.15) is 19.4 Å². The summed E-state index contributed by atoms with van der Waals surface area (Å²) in [5.41, 5.74) is 1.32. The second-order valence-electron chi connectivity index (χ2n) is 4.14. The minimum atomic E-state index is 0. The molecular weight excluding hydrogens is 269 g/mol. The molecule has 0 aliphatic carbocycles. The van der Waals surface area contributed by atoms with E-state index in [4.69, 9.17) is 16.3 Å². The van der Waals surface area contributed by atoms with Gasteiger partial charge in [0.25, 0.3) is 0 Å². The van der Waals surface area contributed by atoms with Crippen LogP contribution in [0.5, 0.6) is 5.75 Å². The van der Waals surface area contributed by atoms with Gasteiger partial charge in [0.1, 0.15) is 18.9 Å². The highest BCUT2D eigenvalue weighted by Crippen LogP contribution is 2.13. The van der Waals surface area contributed by atoms with Crippen LogP contribution in [0.3, 0.4) is 0 Å². The molecule has 0 bridgehead atoms. The molecule has 104 valence electrons. The molecule has 0 aliphatic heterocycles. The van der Waals surface area contributed by atoms with E-state index < -0.39 is 0 Å². The van der Waals surface area contributed by atoms with Crippen molar-refractivity contribution in [3.8, 4) is 5.75 Å². The third-order valence-corrected chi connectivity index (χ3v) is 3.17. The molecule has 0 amide bonds. The third kappa shape index (κ3) is 6.48. The van der Waals surface area contributed by atoms with E-state index >= 15 is 0 Å². The fourth-order valence-corrected chi connectivity index (χ4v) is 2.05. The Morgan fingerprint density at radius 3 is 2.61 bits per heavy atom. The monoisotopic (exact) mass is 291 g/mol. The Morgan fingerprint density at radius 1 is 1.22 bits per heavy atom. The van der Waals surface area contributed by atoms with Gasteiger partial charge in [0.2, 0.25) is 0 Å². The maximum atomic E-state index is 5.76. The van der Waals surface area contributed by atoms with Crippen LogP contribution in [0.4, 0.5) is 0 Å². The van der Waals surface area contributed by atoms with Crippen molar-refractivity contribution in [1.82, 2.24) is 0 Å². The SMILES string of the molecule is CCc1cccc(OCC[NH+](CC)CCCl)c1.[Cl-]. The molecule has 0 saturated carbocycles. The molecule has 0 aliphatic rings. The summed E-state index contributed by atoms with van der Waals surface area (Å²) < 4.78 is 5.76.